The largest absolute Gasteiger partial charge is 0.325 e. The van der Waals surface area contributed by atoms with E-state index < -0.39 is 12.5 Å². The Morgan fingerprint density at radius 1 is 1.50 bits per heavy atom. The van der Waals surface area contributed by atoms with Crippen LogP contribution in [0, 0.1) is 5.92 Å². The number of likely N-dealkylation sites (tertiary alicyclic amines) is 1. The smallest absolute Gasteiger partial charge is 0.272 e. The number of hydrogen-bond donors (Lipinski definition) is 1. The lowest BCUT2D eigenvalue weighted by atomic mass is 10.0. The van der Waals surface area contributed by atoms with Gasteiger partial charge in [-0.1, -0.05) is 13.3 Å². The second kappa shape index (κ2) is 5.03. The summed E-state index contributed by atoms with van der Waals surface area (Å²) < 4.78 is 25.9. The molecule has 1 unspecified atom stereocenters. The summed E-state index contributed by atoms with van der Waals surface area (Å²) in [6, 6.07) is 0. The molecular formula is C10H20F2N2. The van der Waals surface area contributed by atoms with Crippen LogP contribution in [-0.2, 0) is 0 Å². The third-order valence-electron chi connectivity index (χ3n) is 2.82. The summed E-state index contributed by atoms with van der Waals surface area (Å²) in [5.74, 6) is -2.09. The van der Waals surface area contributed by atoms with Gasteiger partial charge < -0.3 is 5.73 Å². The Labute approximate surface area is 84.4 Å². The first-order valence-electron chi connectivity index (χ1n) is 5.37. The monoisotopic (exact) mass is 206 g/mol. The normalized spacial score (nSPS) is 24.4. The molecule has 2 nitrogen and oxygen atoms in total. The van der Waals surface area contributed by atoms with Crippen LogP contribution in [0.2, 0.25) is 0 Å². The van der Waals surface area contributed by atoms with E-state index in [4.69, 9.17) is 5.73 Å². The quantitative estimate of drug-likeness (QED) is 0.742. The predicted octanol–water partition coefficient (Wildman–Crippen LogP) is 1.70. The van der Waals surface area contributed by atoms with Gasteiger partial charge in [0.2, 0.25) is 0 Å². The van der Waals surface area contributed by atoms with Gasteiger partial charge in [-0.3, -0.25) is 4.90 Å². The number of nitrogens with two attached hydrogens (primary N) is 1. The van der Waals surface area contributed by atoms with Gasteiger partial charge in [0.05, 0.1) is 13.1 Å². The van der Waals surface area contributed by atoms with E-state index in [1.165, 1.54) is 0 Å². The van der Waals surface area contributed by atoms with E-state index in [1.54, 1.807) is 0 Å². The van der Waals surface area contributed by atoms with Crippen LogP contribution >= 0.6 is 0 Å². The second-order valence-electron chi connectivity index (χ2n) is 4.24. The minimum atomic E-state index is -2.71. The molecule has 1 aliphatic rings. The molecule has 0 amide bonds. The number of rotatable bonds is 5. The predicted molar refractivity (Wildman–Crippen MR) is 53.5 cm³/mol. The van der Waals surface area contributed by atoms with Gasteiger partial charge in [-0.05, 0) is 25.3 Å². The topological polar surface area (TPSA) is 29.3 Å². The zero-order valence-electron chi connectivity index (χ0n) is 8.81. The maximum absolute atomic E-state index is 13.0. The molecule has 0 aromatic rings. The minimum absolute atomic E-state index is 0.163. The Kier molecular flexibility index (Phi) is 4.26. The van der Waals surface area contributed by atoms with Crippen LogP contribution in [0.5, 0.6) is 0 Å². The lowest BCUT2D eigenvalue weighted by Crippen LogP contribution is -2.40. The van der Waals surface area contributed by atoms with Crippen LogP contribution in [-0.4, -0.2) is 37.0 Å². The van der Waals surface area contributed by atoms with Gasteiger partial charge in [-0.2, -0.15) is 0 Å². The van der Waals surface area contributed by atoms with E-state index in [9.17, 15) is 8.78 Å². The van der Waals surface area contributed by atoms with Crippen molar-refractivity contribution in [2.24, 2.45) is 11.7 Å². The zero-order chi connectivity index (χ0) is 10.6. The molecule has 1 heterocycles. The van der Waals surface area contributed by atoms with Crippen molar-refractivity contribution < 1.29 is 8.78 Å². The fraction of sp³-hybridized carbons (Fsp3) is 1.00. The molecule has 1 saturated heterocycles. The fourth-order valence-electron chi connectivity index (χ4n) is 2.09. The third kappa shape index (κ3) is 3.50. The summed E-state index contributed by atoms with van der Waals surface area (Å²) >= 11 is 0. The maximum Gasteiger partial charge on any atom is 0.272 e. The van der Waals surface area contributed by atoms with Crippen LogP contribution in [0.25, 0.3) is 0 Å². The zero-order valence-corrected chi connectivity index (χ0v) is 8.81. The van der Waals surface area contributed by atoms with E-state index in [1.807, 2.05) is 4.90 Å². The summed E-state index contributed by atoms with van der Waals surface area (Å²) in [7, 11) is 0. The first-order chi connectivity index (χ1) is 6.57. The molecule has 1 rings (SSSR count). The van der Waals surface area contributed by atoms with E-state index >= 15 is 0 Å². The maximum atomic E-state index is 13.0. The van der Waals surface area contributed by atoms with Crippen LogP contribution in [0.15, 0.2) is 0 Å². The van der Waals surface area contributed by atoms with E-state index in [0.717, 1.165) is 32.4 Å². The van der Waals surface area contributed by atoms with E-state index in [-0.39, 0.29) is 6.54 Å². The summed E-state index contributed by atoms with van der Waals surface area (Å²) in [4.78, 5) is 1.84. The van der Waals surface area contributed by atoms with Gasteiger partial charge in [0, 0.05) is 6.54 Å². The Morgan fingerprint density at radius 2 is 2.21 bits per heavy atom. The number of alkyl halides is 2. The Bertz CT molecular complexity index is 174. The highest BCUT2D eigenvalue weighted by Gasteiger charge is 2.33. The lowest BCUT2D eigenvalue weighted by Gasteiger charge is -2.22. The van der Waals surface area contributed by atoms with Crippen molar-refractivity contribution in [1.82, 2.24) is 4.90 Å². The number of halogens is 2. The van der Waals surface area contributed by atoms with Gasteiger partial charge in [-0.25, -0.2) is 8.78 Å². The minimum Gasteiger partial charge on any atom is -0.325 e. The average molecular weight is 206 g/mol. The molecule has 0 spiro atoms. The molecule has 84 valence electrons. The van der Waals surface area contributed by atoms with Crippen molar-refractivity contribution in [3.63, 3.8) is 0 Å². The Hall–Kier alpha value is -0.220. The average Bonchev–Trinajstić information content (AvgIpc) is 2.53. The standard InChI is InChI=1S/C10H20F2N2/c1-2-3-9-4-5-14(6-9)8-10(11,12)7-13/h9H,2-8,13H2,1H3. The summed E-state index contributed by atoms with van der Waals surface area (Å²) in [5, 5.41) is 0. The molecule has 14 heavy (non-hydrogen) atoms. The van der Waals surface area contributed by atoms with Crippen molar-refractivity contribution in [2.45, 2.75) is 32.1 Å². The molecule has 1 atom stereocenters. The van der Waals surface area contributed by atoms with E-state index in [0.29, 0.717) is 5.92 Å². The van der Waals surface area contributed by atoms with Crippen LogP contribution in [0.4, 0.5) is 8.78 Å². The lowest BCUT2D eigenvalue weighted by molar-refractivity contribution is -0.0188. The highest BCUT2D eigenvalue weighted by molar-refractivity contribution is 4.80. The first-order valence-corrected chi connectivity index (χ1v) is 5.37. The highest BCUT2D eigenvalue weighted by atomic mass is 19.3. The summed E-state index contributed by atoms with van der Waals surface area (Å²) in [5.41, 5.74) is 5.00. The molecule has 2 N–H and O–H groups in total. The molecule has 1 fully saturated rings. The molecule has 4 heteroatoms. The molecule has 0 saturated carbocycles. The molecule has 0 radical (unpaired) electrons. The van der Waals surface area contributed by atoms with Gasteiger partial charge in [-0.15, -0.1) is 0 Å². The van der Waals surface area contributed by atoms with Gasteiger partial charge in [0.25, 0.3) is 5.92 Å². The van der Waals surface area contributed by atoms with Crippen LogP contribution in [0.3, 0.4) is 0 Å². The molecule has 0 aliphatic carbocycles. The molecule has 0 bridgehead atoms. The SMILES string of the molecule is CCCC1CCN(CC(F)(F)CN)C1. The van der Waals surface area contributed by atoms with Gasteiger partial charge >= 0.3 is 0 Å². The number of hydrogen-bond acceptors (Lipinski definition) is 2. The molecule has 0 aromatic heterocycles. The number of nitrogens with zero attached hydrogens (tertiary/aromatic N) is 1. The third-order valence-corrected chi connectivity index (χ3v) is 2.82. The molecular weight excluding hydrogens is 186 g/mol. The van der Waals surface area contributed by atoms with Crippen LogP contribution in [0.1, 0.15) is 26.2 Å². The van der Waals surface area contributed by atoms with Crippen molar-refractivity contribution in [1.29, 1.82) is 0 Å². The van der Waals surface area contributed by atoms with Crippen LogP contribution < -0.4 is 5.73 Å². The second-order valence-corrected chi connectivity index (χ2v) is 4.24. The van der Waals surface area contributed by atoms with Gasteiger partial charge in [0.1, 0.15) is 0 Å². The summed E-state index contributed by atoms with van der Waals surface area (Å²) in [6.07, 6.45) is 3.37. The Morgan fingerprint density at radius 3 is 2.79 bits per heavy atom. The fourth-order valence-corrected chi connectivity index (χ4v) is 2.09. The van der Waals surface area contributed by atoms with Gasteiger partial charge in [0.15, 0.2) is 0 Å². The van der Waals surface area contributed by atoms with Crippen molar-refractivity contribution >= 4 is 0 Å². The first kappa shape index (κ1) is 11.9. The van der Waals surface area contributed by atoms with Crippen molar-refractivity contribution in [3.05, 3.63) is 0 Å². The highest BCUT2D eigenvalue weighted by Crippen LogP contribution is 2.23. The molecule has 1 aliphatic heterocycles. The Balaban J connectivity index is 2.28. The van der Waals surface area contributed by atoms with Crippen molar-refractivity contribution in [2.75, 3.05) is 26.2 Å². The molecule has 0 aromatic carbocycles. The summed E-state index contributed by atoms with van der Waals surface area (Å²) in [6.45, 7) is 3.06. The van der Waals surface area contributed by atoms with Crippen molar-refractivity contribution in [3.8, 4) is 0 Å². The van der Waals surface area contributed by atoms with E-state index in [2.05, 4.69) is 6.92 Å².